The van der Waals surface area contributed by atoms with Gasteiger partial charge in [-0.15, -0.1) is 0 Å². The Morgan fingerprint density at radius 3 is 2.92 bits per heavy atom. The second-order valence-electron chi connectivity index (χ2n) is 6.29. The molecule has 0 aliphatic carbocycles. The number of nitrogens with zero attached hydrogens (tertiary/aromatic N) is 1. The van der Waals surface area contributed by atoms with Crippen LogP contribution in [0.3, 0.4) is 0 Å². The summed E-state index contributed by atoms with van der Waals surface area (Å²) in [5, 5.41) is 1.95. The molecular weight excluding hydrogens is 455 g/mol. The number of thiazole rings is 1. The number of carbonyl (C=O) groups is 1. The zero-order valence-electron chi connectivity index (χ0n) is 13.5. The van der Waals surface area contributed by atoms with Crippen LogP contribution in [0.4, 0.5) is 0 Å². The van der Waals surface area contributed by atoms with Gasteiger partial charge in [-0.05, 0) is 0 Å². The van der Waals surface area contributed by atoms with Crippen molar-refractivity contribution >= 4 is 50.7 Å². The first kappa shape index (κ1) is 18.4. The van der Waals surface area contributed by atoms with Crippen LogP contribution < -0.4 is 5.73 Å². The predicted molar refractivity (Wildman–Crippen MR) is 92.3 cm³/mol. The molecule has 9 heteroatoms. The number of halogens is 1. The summed E-state index contributed by atoms with van der Waals surface area (Å²) in [5.41, 5.74) is 7.11. The average molecular weight is 473 g/mol. The van der Waals surface area contributed by atoms with Crippen molar-refractivity contribution in [2.75, 3.05) is 6.61 Å². The Labute approximate surface area is 157 Å². The van der Waals surface area contributed by atoms with E-state index >= 15 is 0 Å². The molecule has 1 aromatic rings. The third kappa shape index (κ3) is 3.89. The molecule has 1 amide bonds. The molecule has 3 rings (SSSR count). The van der Waals surface area contributed by atoms with Gasteiger partial charge in [-0.2, -0.15) is 0 Å². The van der Waals surface area contributed by atoms with E-state index < -0.39 is 39.2 Å². The number of carbonyl (C=O) groups excluding carboxylic acids is 1. The van der Waals surface area contributed by atoms with Gasteiger partial charge in [-0.25, -0.2) is 0 Å². The minimum absolute atomic E-state index is 0.134. The second kappa shape index (κ2) is 7.09. The van der Waals surface area contributed by atoms with E-state index in [4.69, 9.17) is 29.7 Å². The molecule has 0 bridgehead atoms. The molecule has 3 heterocycles. The minimum atomic E-state index is -2.82. The second-order valence-corrected chi connectivity index (χ2v) is 15.5. The summed E-state index contributed by atoms with van der Waals surface area (Å²) in [5.74, 6) is -1.36. The Balaban J connectivity index is 1.72. The Morgan fingerprint density at radius 2 is 2.33 bits per heavy atom. The summed E-state index contributed by atoms with van der Waals surface area (Å²) in [6, 6.07) is 0. The Morgan fingerprint density at radius 1 is 1.54 bits per heavy atom. The average Bonchev–Trinajstić information content (AvgIpc) is 3.19. The van der Waals surface area contributed by atoms with Gasteiger partial charge in [0, 0.05) is 0 Å². The SMILES string of the molecule is CC1(C)OCC(C[C]2=CC=[C](Cl)[In]2[O]Cc2cscn2)(C(N)=O)O1. The molecule has 2 aliphatic heterocycles. The van der Waals surface area contributed by atoms with Crippen LogP contribution in [0.2, 0.25) is 0 Å². The zero-order chi connectivity index (χ0) is 17.4. The van der Waals surface area contributed by atoms with Crippen LogP contribution in [0.25, 0.3) is 0 Å². The number of aromatic nitrogens is 1. The van der Waals surface area contributed by atoms with Crippen molar-refractivity contribution in [3.63, 3.8) is 0 Å². The number of hydrogen-bond acceptors (Lipinski definition) is 6. The fourth-order valence-corrected chi connectivity index (χ4v) is 10.8. The zero-order valence-corrected chi connectivity index (χ0v) is 18.3. The maximum absolute atomic E-state index is 12.0. The number of ether oxygens (including phenoxy) is 2. The van der Waals surface area contributed by atoms with Gasteiger partial charge in [0.2, 0.25) is 0 Å². The molecule has 6 nitrogen and oxygen atoms in total. The molecular formula is C15H18ClInN2O4S. The van der Waals surface area contributed by atoms with Crippen molar-refractivity contribution in [2.24, 2.45) is 5.73 Å². The fraction of sp³-hybridized carbons (Fsp3) is 0.467. The third-order valence-electron chi connectivity index (χ3n) is 3.96. The van der Waals surface area contributed by atoms with Crippen molar-refractivity contribution in [1.82, 2.24) is 4.98 Å². The molecule has 0 saturated carbocycles. The molecule has 1 saturated heterocycles. The topological polar surface area (TPSA) is 83.7 Å². The maximum atomic E-state index is 12.0. The molecule has 24 heavy (non-hydrogen) atoms. The standard InChI is InChI=1S/C11H14ClNO3.C4H4NOS.In/c1-10(2)15-8-11(16-10,9(13)14)6-4-3-5-7-12;6-1-4-2-7-3-5-4;/h3,5H,6,8H2,1-2H3,(H2,13,14);2-3H,1H2;/q;-1;+1. The molecule has 0 aromatic carbocycles. The Bertz CT molecular complexity index is 692. The van der Waals surface area contributed by atoms with Crippen LogP contribution in [-0.2, 0) is 23.7 Å². The number of rotatable bonds is 6. The molecule has 2 N–H and O–H groups in total. The van der Waals surface area contributed by atoms with Gasteiger partial charge < -0.3 is 0 Å². The van der Waals surface area contributed by atoms with E-state index in [-0.39, 0.29) is 6.61 Å². The fourth-order valence-electron chi connectivity index (χ4n) is 2.80. The first-order valence-corrected chi connectivity index (χ1v) is 13.5. The van der Waals surface area contributed by atoms with Gasteiger partial charge in [-0.1, -0.05) is 0 Å². The van der Waals surface area contributed by atoms with E-state index in [0.29, 0.717) is 13.0 Å². The van der Waals surface area contributed by atoms with Gasteiger partial charge in [-0.3, -0.25) is 0 Å². The molecule has 0 spiro atoms. The Kier molecular flexibility index (Phi) is 5.44. The summed E-state index contributed by atoms with van der Waals surface area (Å²) < 4.78 is 19.3. The molecule has 2 aliphatic rings. The number of nitrogens with two attached hydrogens (primary N) is 1. The normalized spacial score (nSPS) is 25.7. The number of primary amides is 1. The van der Waals surface area contributed by atoms with Crippen molar-refractivity contribution < 1.29 is 17.1 Å². The number of amides is 1. The van der Waals surface area contributed by atoms with E-state index in [0.717, 1.165) is 11.8 Å². The Hall–Kier alpha value is -0.380. The van der Waals surface area contributed by atoms with E-state index in [2.05, 4.69) is 4.98 Å². The molecule has 1 atom stereocenters. The first-order chi connectivity index (χ1) is 11.3. The summed E-state index contributed by atoms with van der Waals surface area (Å²) in [6.45, 7) is 4.10. The summed E-state index contributed by atoms with van der Waals surface area (Å²) in [7, 11) is 0. The molecule has 128 valence electrons. The quantitative estimate of drug-likeness (QED) is 0.686. The summed E-state index contributed by atoms with van der Waals surface area (Å²) in [6.07, 6.45) is 4.15. The molecule has 1 fully saturated rings. The monoisotopic (exact) mass is 472 g/mol. The van der Waals surface area contributed by atoms with Gasteiger partial charge in [0.1, 0.15) is 0 Å². The van der Waals surface area contributed by atoms with Gasteiger partial charge in [0.15, 0.2) is 0 Å². The van der Waals surface area contributed by atoms with Crippen LogP contribution in [0.15, 0.2) is 29.2 Å². The predicted octanol–water partition coefficient (Wildman–Crippen LogP) is 2.19. The molecule has 1 unspecified atom stereocenters. The summed E-state index contributed by atoms with van der Waals surface area (Å²) >= 11 is 5.06. The van der Waals surface area contributed by atoms with Crippen LogP contribution >= 0.6 is 22.9 Å². The third-order valence-corrected chi connectivity index (χ3v) is 12.5. The van der Waals surface area contributed by atoms with Crippen molar-refractivity contribution in [3.05, 3.63) is 34.9 Å². The van der Waals surface area contributed by atoms with E-state index in [1.807, 2.05) is 17.5 Å². The van der Waals surface area contributed by atoms with Gasteiger partial charge in [0.25, 0.3) is 0 Å². The van der Waals surface area contributed by atoms with Crippen molar-refractivity contribution in [1.29, 1.82) is 0 Å². The van der Waals surface area contributed by atoms with E-state index in [9.17, 15) is 4.79 Å². The number of allylic oxidation sites excluding steroid dienone is 2. The van der Waals surface area contributed by atoms with E-state index in [1.165, 1.54) is 11.3 Å². The van der Waals surface area contributed by atoms with Crippen LogP contribution in [0.1, 0.15) is 26.0 Å². The molecule has 1 aromatic heterocycles. The van der Waals surface area contributed by atoms with E-state index in [1.54, 1.807) is 19.4 Å². The van der Waals surface area contributed by atoms with Crippen LogP contribution in [0.5, 0.6) is 0 Å². The van der Waals surface area contributed by atoms with Crippen LogP contribution in [-0.4, -0.2) is 50.8 Å². The van der Waals surface area contributed by atoms with Crippen molar-refractivity contribution in [3.8, 4) is 0 Å². The van der Waals surface area contributed by atoms with Gasteiger partial charge >= 0.3 is 158 Å². The summed E-state index contributed by atoms with van der Waals surface area (Å²) in [4.78, 5) is 16.3. The number of hydrogen-bond donors (Lipinski definition) is 1. The van der Waals surface area contributed by atoms with Gasteiger partial charge in [0.05, 0.1) is 0 Å². The first-order valence-electron chi connectivity index (χ1n) is 7.50. The van der Waals surface area contributed by atoms with Crippen molar-refractivity contribution in [2.45, 2.75) is 38.3 Å². The van der Waals surface area contributed by atoms with Crippen LogP contribution in [0, 0.1) is 0 Å². The molecule has 0 radical (unpaired) electrons.